The fourth-order valence-electron chi connectivity index (χ4n) is 4.43. The number of carboxylic acids is 1. The van der Waals surface area contributed by atoms with Crippen molar-refractivity contribution in [3.05, 3.63) is 99.8 Å². The molecule has 0 radical (unpaired) electrons. The molecule has 2 heterocycles. The zero-order chi connectivity index (χ0) is 24.0. The molecule has 1 aliphatic rings. The lowest BCUT2D eigenvalue weighted by molar-refractivity contribution is -0.140. The van der Waals surface area contributed by atoms with E-state index in [4.69, 9.17) is 0 Å². The molecule has 0 spiro atoms. The second-order valence-electron chi connectivity index (χ2n) is 8.11. The number of carboxylic acid groups (broad SMARTS) is 1. The van der Waals surface area contributed by atoms with Crippen LogP contribution in [0.4, 0.5) is 13.2 Å². The molecule has 8 heteroatoms. The number of thioether (sulfide) groups is 1. The van der Waals surface area contributed by atoms with Crippen molar-refractivity contribution >= 4 is 28.5 Å². The number of carbonyl (C=O) groups is 1. The van der Waals surface area contributed by atoms with Crippen LogP contribution < -0.4 is 5.56 Å². The van der Waals surface area contributed by atoms with Crippen molar-refractivity contribution in [2.75, 3.05) is 5.75 Å². The smallest absolute Gasteiger partial charge is 0.416 e. The molecular weight excluding hydrogens is 463 g/mol. The second kappa shape index (κ2) is 8.36. The van der Waals surface area contributed by atoms with Crippen molar-refractivity contribution in [3.63, 3.8) is 0 Å². The van der Waals surface area contributed by atoms with Crippen LogP contribution in [0.2, 0.25) is 0 Å². The van der Waals surface area contributed by atoms with Crippen LogP contribution in [0.3, 0.4) is 0 Å². The summed E-state index contributed by atoms with van der Waals surface area (Å²) in [6.45, 7) is 0. The summed E-state index contributed by atoms with van der Waals surface area (Å²) in [5.74, 6) is -0.941. The minimum absolute atomic E-state index is 0.177. The lowest BCUT2D eigenvalue weighted by atomic mass is 9.93. The van der Waals surface area contributed by atoms with Crippen molar-refractivity contribution in [2.45, 2.75) is 23.7 Å². The molecule has 0 saturated carbocycles. The molecule has 0 aliphatic carbocycles. The average molecular weight is 481 g/mol. The highest BCUT2D eigenvalue weighted by Crippen LogP contribution is 2.42. The van der Waals surface area contributed by atoms with E-state index in [9.17, 15) is 27.9 Å². The molecule has 34 heavy (non-hydrogen) atoms. The fraction of sp³-hybridized carbons (Fsp3) is 0.154. The zero-order valence-electron chi connectivity index (χ0n) is 17.7. The Kier molecular flexibility index (Phi) is 5.48. The highest BCUT2D eigenvalue weighted by atomic mass is 32.2. The molecule has 0 unspecified atom stereocenters. The third-order valence-electron chi connectivity index (χ3n) is 6.03. The van der Waals surface area contributed by atoms with Crippen LogP contribution in [0.5, 0.6) is 0 Å². The van der Waals surface area contributed by atoms with Gasteiger partial charge in [-0.05, 0) is 46.0 Å². The van der Waals surface area contributed by atoms with Gasteiger partial charge in [0.1, 0.15) is 6.04 Å². The van der Waals surface area contributed by atoms with Crippen molar-refractivity contribution in [1.29, 1.82) is 0 Å². The molecule has 0 bridgehead atoms. The molecule has 3 aromatic carbocycles. The first-order valence-corrected chi connectivity index (χ1v) is 11.5. The van der Waals surface area contributed by atoms with Gasteiger partial charge in [0.2, 0.25) is 0 Å². The van der Waals surface area contributed by atoms with Crippen molar-refractivity contribution in [2.24, 2.45) is 0 Å². The summed E-state index contributed by atoms with van der Waals surface area (Å²) in [5.41, 5.74) is 1.51. The average Bonchev–Trinajstić information content (AvgIpc) is 3.25. The van der Waals surface area contributed by atoms with E-state index >= 15 is 0 Å². The lowest BCUT2D eigenvalue weighted by Gasteiger charge is -2.18. The summed E-state index contributed by atoms with van der Waals surface area (Å²) >= 11 is 1.24. The number of alkyl halides is 3. The van der Waals surface area contributed by atoms with Crippen LogP contribution in [0, 0.1) is 0 Å². The molecule has 0 saturated heterocycles. The number of hydrogen-bond acceptors (Lipinski definition) is 3. The zero-order valence-corrected chi connectivity index (χ0v) is 18.5. The number of pyridine rings is 1. The fourth-order valence-corrected chi connectivity index (χ4v) is 5.78. The maximum Gasteiger partial charge on any atom is 0.416 e. The molecule has 1 aromatic heterocycles. The van der Waals surface area contributed by atoms with E-state index in [0.29, 0.717) is 28.1 Å². The topological polar surface area (TPSA) is 59.3 Å². The van der Waals surface area contributed by atoms with E-state index in [1.807, 2.05) is 42.5 Å². The largest absolute Gasteiger partial charge is 0.480 e. The highest BCUT2D eigenvalue weighted by molar-refractivity contribution is 7.99. The number of aliphatic carboxylic acids is 1. The van der Waals surface area contributed by atoms with Gasteiger partial charge in [0.05, 0.1) is 10.6 Å². The summed E-state index contributed by atoms with van der Waals surface area (Å²) in [5, 5.41) is 12.1. The molecule has 0 fully saturated rings. The van der Waals surface area contributed by atoms with Gasteiger partial charge in [-0.15, -0.1) is 11.8 Å². The summed E-state index contributed by atoms with van der Waals surface area (Å²) in [6.07, 6.45) is -4.10. The Morgan fingerprint density at radius 2 is 1.71 bits per heavy atom. The van der Waals surface area contributed by atoms with Crippen LogP contribution in [-0.2, 0) is 17.4 Å². The molecule has 0 amide bonds. The van der Waals surface area contributed by atoms with Crippen LogP contribution in [0.25, 0.3) is 21.9 Å². The van der Waals surface area contributed by atoms with Crippen LogP contribution in [0.15, 0.2) is 82.6 Å². The van der Waals surface area contributed by atoms with E-state index in [1.54, 1.807) is 0 Å². The molecule has 4 nitrogen and oxygen atoms in total. The lowest BCUT2D eigenvalue weighted by Crippen LogP contribution is -2.29. The monoisotopic (exact) mass is 481 g/mol. The number of halogens is 3. The van der Waals surface area contributed by atoms with Crippen LogP contribution in [0.1, 0.15) is 22.7 Å². The molecule has 4 aromatic rings. The Bertz CT molecular complexity index is 1470. The molecule has 5 rings (SSSR count). The summed E-state index contributed by atoms with van der Waals surface area (Å²) in [4.78, 5) is 24.8. The SMILES string of the molecule is O=C(O)[C@@H]1CSc2c(-c3ccc(C(F)(F)F)cc3)c(Cc3cccc4ccccc34)cc(=O)n21. The summed E-state index contributed by atoms with van der Waals surface area (Å²) in [6, 6.07) is 18.9. The predicted molar refractivity (Wildman–Crippen MR) is 125 cm³/mol. The number of benzene rings is 3. The maximum absolute atomic E-state index is 13.1. The van der Waals surface area contributed by atoms with Gasteiger partial charge in [-0.1, -0.05) is 54.6 Å². The summed E-state index contributed by atoms with van der Waals surface area (Å²) < 4.78 is 40.6. The Labute approximate surface area is 196 Å². The Morgan fingerprint density at radius 1 is 1.00 bits per heavy atom. The van der Waals surface area contributed by atoms with Gasteiger partial charge in [-0.3, -0.25) is 9.36 Å². The van der Waals surface area contributed by atoms with E-state index in [0.717, 1.165) is 28.5 Å². The van der Waals surface area contributed by atoms with E-state index in [2.05, 4.69) is 0 Å². The first-order chi connectivity index (χ1) is 16.2. The minimum atomic E-state index is -4.47. The molecule has 1 atom stereocenters. The Morgan fingerprint density at radius 3 is 2.41 bits per heavy atom. The van der Waals surface area contributed by atoms with Crippen LogP contribution in [-0.4, -0.2) is 21.4 Å². The van der Waals surface area contributed by atoms with Gasteiger partial charge in [0.25, 0.3) is 5.56 Å². The number of fused-ring (bicyclic) bond motifs is 2. The van der Waals surface area contributed by atoms with Crippen LogP contribution >= 0.6 is 11.8 Å². The standard InChI is InChI=1S/C26H18F3NO3S/c27-26(28,29)19-10-8-16(9-11-19)23-18(12-17-6-3-5-15-4-1-2-7-20(15)17)13-22(31)30-21(25(32)33)14-34-24(23)30/h1-11,13,21H,12,14H2,(H,32,33)/t21-/m0/s1. The van der Waals surface area contributed by atoms with E-state index < -0.39 is 29.3 Å². The molecule has 1 N–H and O–H groups in total. The maximum atomic E-state index is 13.1. The van der Waals surface area contributed by atoms with E-state index in [1.165, 1.54) is 34.5 Å². The normalized spacial score (nSPS) is 15.4. The Hall–Kier alpha value is -3.52. The number of hydrogen-bond donors (Lipinski definition) is 1. The predicted octanol–water partition coefficient (Wildman–Crippen LogP) is 6.01. The van der Waals surface area contributed by atoms with Gasteiger partial charge < -0.3 is 5.11 Å². The Balaban J connectivity index is 1.71. The van der Waals surface area contributed by atoms with Gasteiger partial charge >= 0.3 is 12.1 Å². The first-order valence-electron chi connectivity index (χ1n) is 10.5. The van der Waals surface area contributed by atoms with Gasteiger partial charge in [0, 0.05) is 17.4 Å². The number of aromatic nitrogens is 1. The molecule has 172 valence electrons. The minimum Gasteiger partial charge on any atom is -0.480 e. The van der Waals surface area contributed by atoms with Gasteiger partial charge in [-0.2, -0.15) is 13.2 Å². The van der Waals surface area contributed by atoms with E-state index in [-0.39, 0.29) is 5.75 Å². The summed E-state index contributed by atoms with van der Waals surface area (Å²) in [7, 11) is 0. The molecule has 1 aliphatic heterocycles. The first kappa shape index (κ1) is 22.3. The number of rotatable bonds is 4. The third kappa shape index (κ3) is 3.88. The third-order valence-corrected chi connectivity index (χ3v) is 7.18. The van der Waals surface area contributed by atoms with Crippen molar-refractivity contribution < 1.29 is 23.1 Å². The highest BCUT2D eigenvalue weighted by Gasteiger charge is 2.34. The second-order valence-corrected chi connectivity index (χ2v) is 9.12. The molecular formula is C26H18F3NO3S. The quantitative estimate of drug-likeness (QED) is 0.388. The number of nitrogens with zero attached hydrogens (tertiary/aromatic N) is 1. The van der Waals surface area contributed by atoms with Gasteiger partial charge in [-0.25, -0.2) is 4.79 Å². The van der Waals surface area contributed by atoms with Crippen molar-refractivity contribution in [3.8, 4) is 11.1 Å². The van der Waals surface area contributed by atoms with Gasteiger partial charge in [0.15, 0.2) is 0 Å². The van der Waals surface area contributed by atoms with Crippen molar-refractivity contribution in [1.82, 2.24) is 4.57 Å².